The summed E-state index contributed by atoms with van der Waals surface area (Å²) >= 11 is 0. The van der Waals surface area contributed by atoms with Gasteiger partial charge in [0.15, 0.2) is 0 Å². The quantitative estimate of drug-likeness (QED) is 0.827. The Bertz CT molecular complexity index is 598. The smallest absolute Gasteiger partial charge is 0.119 e. The topological polar surface area (TPSA) is 21.3 Å². The first kappa shape index (κ1) is 13.5. The lowest BCUT2D eigenvalue weighted by Gasteiger charge is -2.14. The van der Waals surface area contributed by atoms with Crippen molar-refractivity contribution in [2.24, 2.45) is 0 Å². The van der Waals surface area contributed by atoms with Crippen LogP contribution in [-0.2, 0) is 6.42 Å². The monoisotopic (exact) mass is 253 g/mol. The summed E-state index contributed by atoms with van der Waals surface area (Å²) in [4.78, 5) is 0. The zero-order valence-electron chi connectivity index (χ0n) is 11.4. The van der Waals surface area contributed by atoms with Crippen molar-refractivity contribution >= 4 is 10.8 Å². The minimum Gasteiger partial charge on any atom is -0.497 e. The summed E-state index contributed by atoms with van der Waals surface area (Å²) in [6.07, 6.45) is 6.40. The zero-order chi connectivity index (χ0) is 13.7. The average molecular weight is 253 g/mol. The second kappa shape index (κ2) is 6.26. The van der Waals surface area contributed by atoms with E-state index in [4.69, 9.17) is 11.2 Å². The highest BCUT2D eigenvalue weighted by molar-refractivity contribution is 5.87. The van der Waals surface area contributed by atoms with E-state index in [9.17, 15) is 0 Å². The predicted octanol–water partition coefficient (Wildman–Crippen LogP) is 3.00. The number of ether oxygens (including phenoxy) is 1. The van der Waals surface area contributed by atoms with Gasteiger partial charge >= 0.3 is 0 Å². The van der Waals surface area contributed by atoms with Crippen LogP contribution in [0.3, 0.4) is 0 Å². The lowest BCUT2D eigenvalue weighted by Crippen LogP contribution is -2.29. The molecule has 2 aromatic carbocycles. The summed E-state index contributed by atoms with van der Waals surface area (Å²) in [5.74, 6) is 3.68. The van der Waals surface area contributed by atoms with Crippen LogP contribution in [0, 0.1) is 12.3 Å². The third-order valence-electron chi connectivity index (χ3n) is 3.26. The molecule has 0 aliphatic rings. The molecule has 2 rings (SSSR count). The van der Waals surface area contributed by atoms with Gasteiger partial charge in [0, 0.05) is 0 Å². The molecule has 0 saturated heterocycles. The van der Waals surface area contributed by atoms with Gasteiger partial charge in [-0.1, -0.05) is 37.1 Å². The lowest BCUT2D eigenvalue weighted by molar-refractivity contribution is 0.415. The Morgan fingerprint density at radius 3 is 2.84 bits per heavy atom. The van der Waals surface area contributed by atoms with E-state index in [0.29, 0.717) is 0 Å². The first-order chi connectivity index (χ1) is 9.28. The maximum atomic E-state index is 5.57. The number of fused-ring (bicyclic) bond motifs is 1. The van der Waals surface area contributed by atoms with Gasteiger partial charge in [-0.3, -0.25) is 0 Å². The molecule has 2 aromatic rings. The van der Waals surface area contributed by atoms with Gasteiger partial charge in [0.1, 0.15) is 5.75 Å². The molecular weight excluding hydrogens is 234 g/mol. The van der Waals surface area contributed by atoms with E-state index in [1.807, 2.05) is 6.07 Å². The third kappa shape index (κ3) is 3.07. The van der Waals surface area contributed by atoms with Gasteiger partial charge in [0.2, 0.25) is 0 Å². The third-order valence-corrected chi connectivity index (χ3v) is 3.26. The molecule has 0 fully saturated rings. The normalized spacial score (nSPS) is 12.1. The van der Waals surface area contributed by atoms with E-state index < -0.39 is 0 Å². The summed E-state index contributed by atoms with van der Waals surface area (Å²) in [6, 6.07) is 12.5. The largest absolute Gasteiger partial charge is 0.497 e. The molecule has 1 unspecified atom stereocenters. The number of methoxy groups -OCH3 is 1. The Morgan fingerprint density at radius 2 is 2.16 bits per heavy atom. The van der Waals surface area contributed by atoms with Crippen LogP contribution in [0.5, 0.6) is 5.75 Å². The first-order valence-electron chi connectivity index (χ1n) is 6.53. The van der Waals surface area contributed by atoms with Gasteiger partial charge in [0.25, 0.3) is 0 Å². The maximum Gasteiger partial charge on any atom is 0.119 e. The lowest BCUT2D eigenvalue weighted by atomic mass is 9.98. The standard InChI is InChI=1S/C17H19NO/c1-4-15(18-5-2)11-14-8-6-7-13-9-10-16(19-3)12-17(13)14/h1,6-10,12,15,18H,5,11H2,2-3H3. The van der Waals surface area contributed by atoms with Crippen molar-refractivity contribution in [1.29, 1.82) is 0 Å². The SMILES string of the molecule is C#CC(Cc1cccc2ccc(OC)cc12)NCC. The Morgan fingerprint density at radius 1 is 1.32 bits per heavy atom. The molecule has 1 atom stereocenters. The van der Waals surface area contributed by atoms with Crippen molar-refractivity contribution in [3.05, 3.63) is 42.0 Å². The fourth-order valence-corrected chi connectivity index (χ4v) is 2.28. The summed E-state index contributed by atoms with van der Waals surface area (Å²) < 4.78 is 5.30. The minimum absolute atomic E-state index is 0.0711. The molecule has 0 spiro atoms. The van der Waals surface area contributed by atoms with Gasteiger partial charge in [-0.25, -0.2) is 0 Å². The van der Waals surface area contributed by atoms with E-state index >= 15 is 0 Å². The Hall–Kier alpha value is -1.98. The number of terminal acetylenes is 1. The van der Waals surface area contributed by atoms with E-state index in [-0.39, 0.29) is 6.04 Å². The van der Waals surface area contributed by atoms with Crippen molar-refractivity contribution in [3.8, 4) is 18.1 Å². The van der Waals surface area contributed by atoms with E-state index in [0.717, 1.165) is 18.7 Å². The Labute approximate surface area is 114 Å². The summed E-state index contributed by atoms with van der Waals surface area (Å²) in [5, 5.41) is 5.73. The van der Waals surface area contributed by atoms with Crippen molar-refractivity contribution in [2.75, 3.05) is 13.7 Å². The van der Waals surface area contributed by atoms with Crippen molar-refractivity contribution in [2.45, 2.75) is 19.4 Å². The van der Waals surface area contributed by atoms with Crippen LogP contribution < -0.4 is 10.1 Å². The molecule has 0 bridgehead atoms. The molecule has 2 heteroatoms. The Kier molecular flexibility index (Phi) is 4.43. The Balaban J connectivity index is 2.39. The molecule has 0 saturated carbocycles. The van der Waals surface area contributed by atoms with E-state index in [1.165, 1.54) is 16.3 Å². The minimum atomic E-state index is 0.0711. The average Bonchev–Trinajstić information content (AvgIpc) is 2.46. The fourth-order valence-electron chi connectivity index (χ4n) is 2.28. The van der Waals surface area contributed by atoms with Gasteiger partial charge in [0.05, 0.1) is 13.2 Å². The number of rotatable bonds is 5. The second-order valence-corrected chi connectivity index (χ2v) is 4.49. The highest BCUT2D eigenvalue weighted by Gasteiger charge is 2.08. The van der Waals surface area contributed by atoms with Gasteiger partial charge in [-0.2, -0.15) is 0 Å². The molecule has 0 amide bonds. The number of hydrogen-bond acceptors (Lipinski definition) is 2. The predicted molar refractivity (Wildman–Crippen MR) is 80.5 cm³/mol. The van der Waals surface area contributed by atoms with Gasteiger partial charge in [-0.15, -0.1) is 6.42 Å². The molecule has 19 heavy (non-hydrogen) atoms. The molecular formula is C17H19NO. The van der Waals surface area contributed by atoms with E-state index in [1.54, 1.807) is 7.11 Å². The van der Waals surface area contributed by atoms with Crippen LogP contribution in [0.2, 0.25) is 0 Å². The molecule has 0 aliphatic carbocycles. The molecule has 98 valence electrons. The van der Waals surface area contributed by atoms with Crippen LogP contribution in [0.15, 0.2) is 36.4 Å². The van der Waals surface area contributed by atoms with Crippen LogP contribution in [0.4, 0.5) is 0 Å². The van der Waals surface area contributed by atoms with E-state index in [2.05, 4.69) is 48.5 Å². The van der Waals surface area contributed by atoms with Crippen molar-refractivity contribution in [3.63, 3.8) is 0 Å². The molecule has 0 heterocycles. The number of hydrogen-bond donors (Lipinski definition) is 1. The van der Waals surface area contributed by atoms with Crippen molar-refractivity contribution < 1.29 is 4.74 Å². The van der Waals surface area contributed by atoms with Crippen molar-refractivity contribution in [1.82, 2.24) is 5.32 Å². The molecule has 1 N–H and O–H groups in total. The highest BCUT2D eigenvalue weighted by atomic mass is 16.5. The number of likely N-dealkylation sites (N-methyl/N-ethyl adjacent to an activating group) is 1. The van der Waals surface area contributed by atoms with Crippen LogP contribution >= 0.6 is 0 Å². The van der Waals surface area contributed by atoms with Crippen LogP contribution in [0.25, 0.3) is 10.8 Å². The van der Waals surface area contributed by atoms with Crippen LogP contribution in [-0.4, -0.2) is 19.7 Å². The highest BCUT2D eigenvalue weighted by Crippen LogP contribution is 2.24. The zero-order valence-corrected chi connectivity index (χ0v) is 11.4. The maximum absolute atomic E-state index is 5.57. The van der Waals surface area contributed by atoms with Gasteiger partial charge in [-0.05, 0) is 41.4 Å². The van der Waals surface area contributed by atoms with Crippen LogP contribution in [0.1, 0.15) is 12.5 Å². The molecule has 0 aliphatic heterocycles. The number of nitrogens with one attached hydrogen (secondary N) is 1. The fraction of sp³-hybridized carbons (Fsp3) is 0.294. The summed E-state index contributed by atoms with van der Waals surface area (Å²) in [7, 11) is 1.69. The van der Waals surface area contributed by atoms with Gasteiger partial charge < -0.3 is 10.1 Å². The first-order valence-corrected chi connectivity index (χ1v) is 6.53. The summed E-state index contributed by atoms with van der Waals surface area (Å²) in [6.45, 7) is 2.94. The molecule has 0 radical (unpaired) electrons. The second-order valence-electron chi connectivity index (χ2n) is 4.49. The molecule has 2 nitrogen and oxygen atoms in total. The number of benzene rings is 2. The molecule has 0 aromatic heterocycles. The summed E-state index contributed by atoms with van der Waals surface area (Å²) in [5.41, 5.74) is 1.25.